The Bertz CT molecular complexity index is 387. The molecular formula is C15H25N3O. The summed E-state index contributed by atoms with van der Waals surface area (Å²) < 4.78 is 0. The molecule has 1 aromatic carbocycles. The summed E-state index contributed by atoms with van der Waals surface area (Å²) in [4.78, 5) is 14.0. The lowest BCUT2D eigenvalue weighted by molar-refractivity contribution is -0.120. The Kier molecular flexibility index (Phi) is 6.36. The number of hydrogen-bond acceptors (Lipinski definition) is 3. The smallest absolute Gasteiger partial charge is 0.239 e. The molecule has 0 unspecified atom stereocenters. The largest absolute Gasteiger partial charge is 0.362 e. The highest BCUT2D eigenvalue weighted by Gasteiger charge is 2.11. The van der Waals surface area contributed by atoms with Crippen molar-refractivity contribution in [2.45, 2.75) is 39.8 Å². The van der Waals surface area contributed by atoms with Crippen LogP contribution in [0.25, 0.3) is 0 Å². The van der Waals surface area contributed by atoms with Gasteiger partial charge in [0.05, 0.1) is 6.54 Å². The molecule has 0 aliphatic carbocycles. The van der Waals surface area contributed by atoms with Crippen molar-refractivity contribution in [1.29, 1.82) is 0 Å². The van der Waals surface area contributed by atoms with Crippen molar-refractivity contribution in [2.75, 3.05) is 18.0 Å². The SMILES string of the molecule is CCCN(CC(=O)NC(C)C)c1ccc(CN)cc1. The third-order valence-electron chi connectivity index (χ3n) is 2.81. The maximum absolute atomic E-state index is 11.9. The second-order valence-electron chi connectivity index (χ2n) is 5.01. The summed E-state index contributed by atoms with van der Waals surface area (Å²) >= 11 is 0. The molecule has 3 N–H and O–H groups in total. The Morgan fingerprint density at radius 3 is 2.42 bits per heavy atom. The van der Waals surface area contributed by atoms with Crippen LogP contribution in [0.2, 0.25) is 0 Å². The van der Waals surface area contributed by atoms with Crippen molar-refractivity contribution in [3.05, 3.63) is 29.8 Å². The second-order valence-corrected chi connectivity index (χ2v) is 5.01. The quantitative estimate of drug-likeness (QED) is 0.790. The number of anilines is 1. The number of amides is 1. The van der Waals surface area contributed by atoms with Gasteiger partial charge in [-0.2, -0.15) is 0 Å². The molecule has 4 nitrogen and oxygen atoms in total. The molecule has 0 aliphatic rings. The van der Waals surface area contributed by atoms with Gasteiger partial charge >= 0.3 is 0 Å². The van der Waals surface area contributed by atoms with Gasteiger partial charge in [-0.25, -0.2) is 0 Å². The van der Waals surface area contributed by atoms with Crippen LogP contribution < -0.4 is 16.0 Å². The predicted molar refractivity (Wildman–Crippen MR) is 80.1 cm³/mol. The van der Waals surface area contributed by atoms with E-state index in [2.05, 4.69) is 17.1 Å². The summed E-state index contributed by atoms with van der Waals surface area (Å²) in [5.74, 6) is 0.0614. The third kappa shape index (κ3) is 5.30. The number of carbonyl (C=O) groups is 1. The van der Waals surface area contributed by atoms with Gasteiger partial charge in [0, 0.05) is 24.8 Å². The van der Waals surface area contributed by atoms with E-state index in [1.165, 1.54) is 0 Å². The van der Waals surface area contributed by atoms with E-state index in [1.54, 1.807) is 0 Å². The Labute approximate surface area is 116 Å². The van der Waals surface area contributed by atoms with Gasteiger partial charge in [-0.05, 0) is 38.0 Å². The zero-order valence-corrected chi connectivity index (χ0v) is 12.1. The predicted octanol–water partition coefficient (Wildman–Crippen LogP) is 1.89. The fourth-order valence-corrected chi connectivity index (χ4v) is 1.95. The van der Waals surface area contributed by atoms with E-state index in [1.807, 2.05) is 38.1 Å². The molecule has 1 amide bonds. The molecule has 106 valence electrons. The minimum absolute atomic E-state index is 0.0614. The van der Waals surface area contributed by atoms with Gasteiger partial charge < -0.3 is 16.0 Å². The average Bonchev–Trinajstić information content (AvgIpc) is 2.37. The van der Waals surface area contributed by atoms with Gasteiger partial charge in [-0.1, -0.05) is 19.1 Å². The Hall–Kier alpha value is -1.55. The molecule has 0 bridgehead atoms. The van der Waals surface area contributed by atoms with Crippen LogP contribution in [0.3, 0.4) is 0 Å². The summed E-state index contributed by atoms with van der Waals surface area (Å²) in [6, 6.07) is 8.26. The summed E-state index contributed by atoms with van der Waals surface area (Å²) in [7, 11) is 0. The Balaban J connectivity index is 2.72. The fourth-order valence-electron chi connectivity index (χ4n) is 1.95. The van der Waals surface area contributed by atoms with Crippen LogP contribution >= 0.6 is 0 Å². The molecule has 1 aromatic rings. The van der Waals surface area contributed by atoms with Crippen molar-refractivity contribution in [1.82, 2.24) is 5.32 Å². The maximum Gasteiger partial charge on any atom is 0.239 e. The van der Waals surface area contributed by atoms with E-state index >= 15 is 0 Å². The number of carbonyl (C=O) groups excluding carboxylic acids is 1. The zero-order valence-electron chi connectivity index (χ0n) is 12.1. The summed E-state index contributed by atoms with van der Waals surface area (Å²) in [6.07, 6.45) is 1.01. The van der Waals surface area contributed by atoms with Crippen molar-refractivity contribution in [3.8, 4) is 0 Å². The van der Waals surface area contributed by atoms with Gasteiger partial charge in [-0.3, -0.25) is 4.79 Å². The lowest BCUT2D eigenvalue weighted by Gasteiger charge is -2.24. The molecule has 0 spiro atoms. The highest BCUT2D eigenvalue weighted by atomic mass is 16.2. The molecule has 0 fully saturated rings. The summed E-state index contributed by atoms with van der Waals surface area (Å²) in [5, 5.41) is 2.92. The molecule has 0 atom stereocenters. The van der Waals surface area contributed by atoms with E-state index in [-0.39, 0.29) is 11.9 Å². The molecule has 0 aliphatic heterocycles. The average molecular weight is 263 g/mol. The number of rotatable bonds is 7. The lowest BCUT2D eigenvalue weighted by Crippen LogP contribution is -2.40. The van der Waals surface area contributed by atoms with Crippen LogP contribution in [-0.4, -0.2) is 25.0 Å². The highest BCUT2D eigenvalue weighted by molar-refractivity contribution is 5.81. The van der Waals surface area contributed by atoms with E-state index in [9.17, 15) is 4.79 Å². The monoisotopic (exact) mass is 263 g/mol. The van der Waals surface area contributed by atoms with E-state index < -0.39 is 0 Å². The first-order chi connectivity index (χ1) is 9.06. The van der Waals surface area contributed by atoms with Crippen molar-refractivity contribution in [2.24, 2.45) is 5.73 Å². The maximum atomic E-state index is 11.9. The molecule has 1 rings (SSSR count). The van der Waals surface area contributed by atoms with Gasteiger partial charge in [0.25, 0.3) is 0 Å². The van der Waals surface area contributed by atoms with Crippen molar-refractivity contribution in [3.63, 3.8) is 0 Å². The molecule has 0 saturated carbocycles. The van der Waals surface area contributed by atoms with Gasteiger partial charge in [0.2, 0.25) is 5.91 Å². The number of hydrogen-bond donors (Lipinski definition) is 2. The Morgan fingerprint density at radius 2 is 1.95 bits per heavy atom. The number of nitrogens with zero attached hydrogens (tertiary/aromatic N) is 1. The zero-order chi connectivity index (χ0) is 14.3. The van der Waals surface area contributed by atoms with E-state index in [0.717, 1.165) is 24.2 Å². The van der Waals surface area contributed by atoms with Crippen LogP contribution in [0, 0.1) is 0 Å². The second kappa shape index (κ2) is 7.79. The molecule has 0 aromatic heterocycles. The fraction of sp³-hybridized carbons (Fsp3) is 0.533. The number of benzene rings is 1. The topological polar surface area (TPSA) is 58.4 Å². The van der Waals surface area contributed by atoms with Crippen molar-refractivity contribution < 1.29 is 4.79 Å². The van der Waals surface area contributed by atoms with E-state index in [4.69, 9.17) is 5.73 Å². The number of nitrogens with one attached hydrogen (secondary N) is 1. The normalized spacial score (nSPS) is 10.6. The molecular weight excluding hydrogens is 238 g/mol. The standard InChI is InChI=1S/C15H25N3O/c1-4-9-18(11-15(19)17-12(2)3)14-7-5-13(10-16)6-8-14/h5-8,12H,4,9-11,16H2,1-3H3,(H,17,19). The first-order valence-corrected chi connectivity index (χ1v) is 6.90. The number of nitrogens with two attached hydrogens (primary N) is 1. The highest BCUT2D eigenvalue weighted by Crippen LogP contribution is 2.15. The van der Waals surface area contributed by atoms with Gasteiger partial charge in [0.1, 0.15) is 0 Å². The van der Waals surface area contributed by atoms with Gasteiger partial charge in [0.15, 0.2) is 0 Å². The molecule has 0 radical (unpaired) electrons. The molecule has 0 saturated heterocycles. The first kappa shape index (κ1) is 15.5. The van der Waals surface area contributed by atoms with Gasteiger partial charge in [-0.15, -0.1) is 0 Å². The van der Waals surface area contributed by atoms with Crippen LogP contribution in [0.5, 0.6) is 0 Å². The minimum atomic E-state index is 0.0614. The molecule has 19 heavy (non-hydrogen) atoms. The first-order valence-electron chi connectivity index (χ1n) is 6.90. The van der Waals surface area contributed by atoms with Crippen molar-refractivity contribution >= 4 is 11.6 Å². The lowest BCUT2D eigenvalue weighted by atomic mass is 10.2. The van der Waals surface area contributed by atoms with Crippen LogP contribution in [0.4, 0.5) is 5.69 Å². The summed E-state index contributed by atoms with van der Waals surface area (Å²) in [6.45, 7) is 7.86. The molecule has 0 heterocycles. The Morgan fingerprint density at radius 1 is 1.32 bits per heavy atom. The van der Waals surface area contributed by atoms with Crippen LogP contribution in [0.15, 0.2) is 24.3 Å². The summed E-state index contributed by atoms with van der Waals surface area (Å²) in [5.41, 5.74) is 7.76. The van der Waals surface area contributed by atoms with Crippen LogP contribution in [0.1, 0.15) is 32.8 Å². The minimum Gasteiger partial charge on any atom is -0.362 e. The van der Waals surface area contributed by atoms with E-state index in [0.29, 0.717) is 13.1 Å². The molecule has 4 heteroatoms. The third-order valence-corrected chi connectivity index (χ3v) is 2.81. The van der Waals surface area contributed by atoms with Crippen LogP contribution in [-0.2, 0) is 11.3 Å².